The van der Waals surface area contributed by atoms with Gasteiger partial charge >= 0.3 is 0 Å². The standard InChI is InChI=1S/C17H34N2O/c1-14-10-15(12-16(2,3)11-14)18-13-17(4,5)19-6-8-20-9-7-19/h14-15,18H,6-13H2,1-5H3. The maximum Gasteiger partial charge on any atom is 0.0594 e. The normalized spacial score (nSPS) is 32.2. The van der Waals surface area contributed by atoms with E-state index >= 15 is 0 Å². The lowest BCUT2D eigenvalue weighted by Gasteiger charge is -2.44. The van der Waals surface area contributed by atoms with E-state index in [0.29, 0.717) is 11.5 Å². The van der Waals surface area contributed by atoms with Crippen LogP contribution in [0.3, 0.4) is 0 Å². The Morgan fingerprint density at radius 1 is 1.20 bits per heavy atom. The quantitative estimate of drug-likeness (QED) is 0.858. The summed E-state index contributed by atoms with van der Waals surface area (Å²) in [7, 11) is 0. The van der Waals surface area contributed by atoms with Gasteiger partial charge in [-0.2, -0.15) is 0 Å². The molecule has 0 radical (unpaired) electrons. The van der Waals surface area contributed by atoms with Crippen molar-refractivity contribution in [3.63, 3.8) is 0 Å². The molecular weight excluding hydrogens is 248 g/mol. The zero-order valence-electron chi connectivity index (χ0n) is 14.2. The van der Waals surface area contributed by atoms with E-state index in [2.05, 4.69) is 44.8 Å². The first-order chi connectivity index (χ1) is 9.28. The Morgan fingerprint density at radius 2 is 1.85 bits per heavy atom. The first-order valence-electron chi connectivity index (χ1n) is 8.35. The van der Waals surface area contributed by atoms with Gasteiger partial charge in [0.25, 0.3) is 0 Å². The largest absolute Gasteiger partial charge is 0.379 e. The van der Waals surface area contributed by atoms with Crippen LogP contribution in [-0.2, 0) is 4.74 Å². The predicted octanol–water partition coefficient (Wildman–Crippen LogP) is 2.90. The predicted molar refractivity (Wildman–Crippen MR) is 85.1 cm³/mol. The number of nitrogens with zero attached hydrogens (tertiary/aromatic N) is 1. The summed E-state index contributed by atoms with van der Waals surface area (Å²) < 4.78 is 5.47. The second-order valence-electron chi connectivity index (χ2n) is 8.40. The van der Waals surface area contributed by atoms with Crippen molar-refractivity contribution in [2.45, 2.75) is 65.5 Å². The van der Waals surface area contributed by atoms with Crippen LogP contribution in [0, 0.1) is 11.3 Å². The molecule has 1 aliphatic carbocycles. The maximum atomic E-state index is 5.47. The molecule has 0 spiro atoms. The van der Waals surface area contributed by atoms with Crippen LogP contribution in [-0.4, -0.2) is 49.3 Å². The molecule has 0 amide bonds. The van der Waals surface area contributed by atoms with Crippen molar-refractivity contribution in [2.24, 2.45) is 11.3 Å². The Bertz CT molecular complexity index is 308. The number of hydrogen-bond acceptors (Lipinski definition) is 3. The van der Waals surface area contributed by atoms with Gasteiger partial charge in [-0.3, -0.25) is 4.90 Å². The third kappa shape index (κ3) is 4.44. The summed E-state index contributed by atoms with van der Waals surface area (Å²) in [6.45, 7) is 17.0. The van der Waals surface area contributed by atoms with Crippen LogP contribution in [0.15, 0.2) is 0 Å². The van der Waals surface area contributed by atoms with Gasteiger partial charge in [0, 0.05) is 31.2 Å². The molecule has 118 valence electrons. The van der Waals surface area contributed by atoms with Crippen molar-refractivity contribution in [3.05, 3.63) is 0 Å². The number of rotatable bonds is 4. The van der Waals surface area contributed by atoms with Gasteiger partial charge in [0.15, 0.2) is 0 Å². The second-order valence-corrected chi connectivity index (χ2v) is 8.40. The minimum Gasteiger partial charge on any atom is -0.379 e. The summed E-state index contributed by atoms with van der Waals surface area (Å²) >= 11 is 0. The highest BCUT2D eigenvalue weighted by Gasteiger charge is 2.34. The van der Waals surface area contributed by atoms with Crippen molar-refractivity contribution in [1.82, 2.24) is 10.2 Å². The van der Waals surface area contributed by atoms with E-state index in [1.807, 2.05) is 0 Å². The molecular formula is C17H34N2O. The summed E-state index contributed by atoms with van der Waals surface area (Å²) in [6.07, 6.45) is 4.02. The fraction of sp³-hybridized carbons (Fsp3) is 1.00. The lowest BCUT2D eigenvalue weighted by atomic mass is 9.70. The average Bonchev–Trinajstić information content (AvgIpc) is 2.35. The molecule has 2 atom stereocenters. The van der Waals surface area contributed by atoms with E-state index < -0.39 is 0 Å². The van der Waals surface area contributed by atoms with Gasteiger partial charge in [-0.25, -0.2) is 0 Å². The molecule has 20 heavy (non-hydrogen) atoms. The topological polar surface area (TPSA) is 24.5 Å². The summed E-state index contributed by atoms with van der Waals surface area (Å²) in [5.74, 6) is 0.850. The van der Waals surface area contributed by atoms with Crippen LogP contribution in [0.5, 0.6) is 0 Å². The molecule has 3 heteroatoms. The molecule has 1 saturated heterocycles. The molecule has 1 N–H and O–H groups in total. The fourth-order valence-electron chi connectivity index (χ4n) is 4.18. The van der Waals surface area contributed by atoms with Crippen LogP contribution in [0.1, 0.15) is 53.9 Å². The van der Waals surface area contributed by atoms with Crippen molar-refractivity contribution >= 4 is 0 Å². The van der Waals surface area contributed by atoms with Crippen LogP contribution >= 0.6 is 0 Å². The van der Waals surface area contributed by atoms with Gasteiger partial charge in [0.2, 0.25) is 0 Å². The van der Waals surface area contributed by atoms with Crippen LogP contribution < -0.4 is 5.32 Å². The third-order valence-corrected chi connectivity index (χ3v) is 5.08. The van der Waals surface area contributed by atoms with Crippen molar-refractivity contribution in [3.8, 4) is 0 Å². The van der Waals surface area contributed by atoms with E-state index in [-0.39, 0.29) is 5.54 Å². The molecule has 2 unspecified atom stereocenters. The van der Waals surface area contributed by atoms with Crippen LogP contribution in [0.25, 0.3) is 0 Å². The van der Waals surface area contributed by atoms with E-state index in [9.17, 15) is 0 Å². The number of nitrogens with one attached hydrogen (secondary N) is 1. The fourth-order valence-corrected chi connectivity index (χ4v) is 4.18. The van der Waals surface area contributed by atoms with Crippen molar-refractivity contribution in [2.75, 3.05) is 32.8 Å². The Kier molecular flexibility index (Phi) is 5.14. The van der Waals surface area contributed by atoms with Crippen molar-refractivity contribution < 1.29 is 4.74 Å². The van der Waals surface area contributed by atoms with Gasteiger partial charge in [-0.05, 0) is 44.4 Å². The Labute approximate surface area is 125 Å². The van der Waals surface area contributed by atoms with Crippen LogP contribution in [0.2, 0.25) is 0 Å². The number of morpholine rings is 1. The van der Waals surface area contributed by atoms with Gasteiger partial charge in [-0.1, -0.05) is 20.8 Å². The summed E-state index contributed by atoms with van der Waals surface area (Å²) in [4.78, 5) is 2.57. The summed E-state index contributed by atoms with van der Waals surface area (Å²) in [6, 6.07) is 0.689. The zero-order chi connectivity index (χ0) is 14.8. The van der Waals surface area contributed by atoms with E-state index in [4.69, 9.17) is 4.74 Å². The van der Waals surface area contributed by atoms with Gasteiger partial charge in [-0.15, -0.1) is 0 Å². The first kappa shape index (κ1) is 16.3. The smallest absolute Gasteiger partial charge is 0.0594 e. The molecule has 0 bridgehead atoms. The highest BCUT2D eigenvalue weighted by Crippen LogP contribution is 2.38. The lowest BCUT2D eigenvalue weighted by molar-refractivity contribution is -0.0116. The SMILES string of the molecule is CC1CC(NCC(C)(C)N2CCOCC2)CC(C)(C)C1. The van der Waals surface area contributed by atoms with E-state index in [0.717, 1.165) is 38.8 Å². The molecule has 0 aromatic carbocycles. The third-order valence-electron chi connectivity index (χ3n) is 5.08. The summed E-state index contributed by atoms with van der Waals surface area (Å²) in [5, 5.41) is 3.86. The van der Waals surface area contributed by atoms with Crippen molar-refractivity contribution in [1.29, 1.82) is 0 Å². The van der Waals surface area contributed by atoms with E-state index in [1.165, 1.54) is 19.3 Å². The Hall–Kier alpha value is -0.120. The molecule has 1 aliphatic heterocycles. The van der Waals surface area contributed by atoms with E-state index in [1.54, 1.807) is 0 Å². The molecule has 0 aromatic rings. The first-order valence-corrected chi connectivity index (χ1v) is 8.35. The molecule has 2 aliphatic rings. The molecule has 0 aromatic heterocycles. The summed E-state index contributed by atoms with van der Waals surface area (Å²) in [5.41, 5.74) is 0.729. The Morgan fingerprint density at radius 3 is 2.45 bits per heavy atom. The van der Waals surface area contributed by atoms with Gasteiger partial charge in [0.1, 0.15) is 0 Å². The maximum absolute atomic E-state index is 5.47. The molecule has 3 nitrogen and oxygen atoms in total. The molecule has 2 fully saturated rings. The second kappa shape index (κ2) is 6.33. The minimum atomic E-state index is 0.231. The monoisotopic (exact) mass is 282 g/mol. The molecule has 1 saturated carbocycles. The highest BCUT2D eigenvalue weighted by atomic mass is 16.5. The number of hydrogen-bond donors (Lipinski definition) is 1. The Balaban J connectivity index is 1.84. The highest BCUT2D eigenvalue weighted by molar-refractivity contribution is 4.91. The average molecular weight is 282 g/mol. The van der Waals surface area contributed by atoms with Gasteiger partial charge in [0.05, 0.1) is 13.2 Å². The zero-order valence-corrected chi connectivity index (χ0v) is 14.2. The number of ether oxygens (including phenoxy) is 1. The lowest BCUT2D eigenvalue weighted by Crippen LogP contribution is -2.56. The van der Waals surface area contributed by atoms with Gasteiger partial charge < -0.3 is 10.1 Å². The molecule has 2 rings (SSSR count). The molecule has 1 heterocycles. The van der Waals surface area contributed by atoms with Crippen LogP contribution in [0.4, 0.5) is 0 Å². The minimum absolute atomic E-state index is 0.231.